The summed E-state index contributed by atoms with van der Waals surface area (Å²) in [7, 11) is 0. The van der Waals surface area contributed by atoms with Crippen LogP contribution in [-0.2, 0) is 9.53 Å². The number of benzene rings is 1. The number of halogens is 1. The predicted octanol–water partition coefficient (Wildman–Crippen LogP) is 2.98. The van der Waals surface area contributed by atoms with E-state index in [0.29, 0.717) is 43.1 Å². The van der Waals surface area contributed by atoms with E-state index in [0.717, 1.165) is 0 Å². The van der Waals surface area contributed by atoms with Crippen molar-refractivity contribution in [3.8, 4) is 5.69 Å². The number of carbonyl (C=O) groups is 1. The molecule has 0 saturated carbocycles. The fourth-order valence-electron chi connectivity index (χ4n) is 3.54. The minimum atomic E-state index is -0.332. The third-order valence-corrected chi connectivity index (χ3v) is 5.62. The summed E-state index contributed by atoms with van der Waals surface area (Å²) in [6, 6.07) is 6.57. The van der Waals surface area contributed by atoms with Crippen molar-refractivity contribution in [1.82, 2.24) is 19.7 Å². The molecular formula is C20H28FN5O2S. The van der Waals surface area contributed by atoms with E-state index in [4.69, 9.17) is 4.74 Å². The van der Waals surface area contributed by atoms with Crippen molar-refractivity contribution in [3.63, 3.8) is 0 Å². The predicted molar refractivity (Wildman–Crippen MR) is 112 cm³/mol. The molecule has 0 radical (unpaired) electrons. The van der Waals surface area contributed by atoms with Crippen LogP contribution in [0, 0.1) is 5.82 Å². The van der Waals surface area contributed by atoms with E-state index < -0.39 is 0 Å². The molecule has 1 aromatic heterocycles. The highest BCUT2D eigenvalue weighted by Gasteiger charge is 2.24. The Bertz CT molecular complexity index is 828. The molecule has 2 heterocycles. The Morgan fingerprint density at radius 1 is 1.21 bits per heavy atom. The minimum Gasteiger partial charge on any atom is -0.378 e. The molecule has 0 atom stereocenters. The van der Waals surface area contributed by atoms with Crippen molar-refractivity contribution in [2.45, 2.75) is 44.9 Å². The standard InChI is InChI=1S/C20H28FN5O2S/c1-14(2)25(15(3)4)18(27)13-29-20-23-22-19(24-8-10-28-11-9-24)26(20)17-7-5-6-16(21)12-17/h5-7,12,14-15H,8-11,13H2,1-4H3. The average molecular weight is 422 g/mol. The monoisotopic (exact) mass is 421 g/mol. The van der Waals surface area contributed by atoms with Crippen LogP contribution in [0.15, 0.2) is 29.4 Å². The van der Waals surface area contributed by atoms with Crippen molar-refractivity contribution in [2.75, 3.05) is 37.0 Å². The largest absolute Gasteiger partial charge is 0.378 e. The van der Waals surface area contributed by atoms with Gasteiger partial charge < -0.3 is 14.5 Å². The number of nitrogens with zero attached hydrogens (tertiary/aromatic N) is 5. The zero-order valence-electron chi connectivity index (χ0n) is 17.3. The van der Waals surface area contributed by atoms with Crippen LogP contribution in [0.4, 0.5) is 10.3 Å². The molecule has 1 amide bonds. The normalized spacial score (nSPS) is 14.7. The summed E-state index contributed by atoms with van der Waals surface area (Å²) in [5.41, 5.74) is 0.635. The number of morpholine rings is 1. The van der Waals surface area contributed by atoms with E-state index in [2.05, 4.69) is 15.1 Å². The van der Waals surface area contributed by atoms with Crippen LogP contribution < -0.4 is 4.90 Å². The smallest absolute Gasteiger partial charge is 0.233 e. The number of carbonyl (C=O) groups excluding carboxylic acids is 1. The van der Waals surface area contributed by atoms with Gasteiger partial charge in [-0.1, -0.05) is 17.8 Å². The van der Waals surface area contributed by atoms with Crippen molar-refractivity contribution in [2.24, 2.45) is 0 Å². The molecule has 7 nitrogen and oxygen atoms in total. The third kappa shape index (κ3) is 5.08. The van der Waals surface area contributed by atoms with E-state index in [-0.39, 0.29) is 29.6 Å². The molecule has 1 fully saturated rings. The first-order valence-corrected chi connectivity index (χ1v) is 10.8. The summed E-state index contributed by atoms with van der Waals surface area (Å²) in [5.74, 6) is 0.592. The molecule has 3 rings (SSSR count). The highest BCUT2D eigenvalue weighted by atomic mass is 32.2. The Hall–Kier alpha value is -2.13. The lowest BCUT2D eigenvalue weighted by atomic mass is 10.2. The van der Waals surface area contributed by atoms with Crippen LogP contribution in [0.1, 0.15) is 27.7 Å². The molecule has 29 heavy (non-hydrogen) atoms. The lowest BCUT2D eigenvalue weighted by molar-refractivity contribution is -0.131. The topological polar surface area (TPSA) is 63.5 Å². The van der Waals surface area contributed by atoms with E-state index >= 15 is 0 Å². The van der Waals surface area contributed by atoms with Crippen LogP contribution in [0.25, 0.3) is 5.69 Å². The van der Waals surface area contributed by atoms with Gasteiger partial charge in [-0.3, -0.25) is 9.36 Å². The second-order valence-corrected chi connectivity index (χ2v) is 8.42. The fraction of sp³-hybridized carbons (Fsp3) is 0.550. The molecule has 9 heteroatoms. The van der Waals surface area contributed by atoms with Crippen LogP contribution in [0.3, 0.4) is 0 Å². The van der Waals surface area contributed by atoms with Gasteiger partial charge >= 0.3 is 0 Å². The Labute approximate surface area is 175 Å². The van der Waals surface area contributed by atoms with Crippen LogP contribution in [0.2, 0.25) is 0 Å². The molecule has 1 saturated heterocycles. The van der Waals surface area contributed by atoms with Gasteiger partial charge in [0.05, 0.1) is 24.7 Å². The van der Waals surface area contributed by atoms with Gasteiger partial charge in [-0.05, 0) is 45.9 Å². The van der Waals surface area contributed by atoms with Crippen LogP contribution >= 0.6 is 11.8 Å². The lowest BCUT2D eigenvalue weighted by Crippen LogP contribution is -2.43. The van der Waals surface area contributed by atoms with Crippen molar-refractivity contribution >= 4 is 23.6 Å². The molecule has 0 spiro atoms. The first-order chi connectivity index (χ1) is 13.9. The summed E-state index contributed by atoms with van der Waals surface area (Å²) in [6.45, 7) is 10.6. The molecule has 1 aromatic carbocycles. The molecule has 0 unspecified atom stereocenters. The molecule has 2 aromatic rings. The molecule has 1 aliphatic rings. The number of ether oxygens (including phenoxy) is 1. The van der Waals surface area contributed by atoms with Crippen LogP contribution in [0.5, 0.6) is 0 Å². The number of thioether (sulfide) groups is 1. The number of hydrogen-bond acceptors (Lipinski definition) is 6. The Kier molecular flexibility index (Phi) is 7.13. The SMILES string of the molecule is CC(C)N(C(=O)CSc1nnc(N2CCOCC2)n1-c1cccc(F)c1)C(C)C. The Morgan fingerprint density at radius 3 is 2.52 bits per heavy atom. The zero-order chi connectivity index (χ0) is 21.0. The second-order valence-electron chi connectivity index (χ2n) is 7.47. The Morgan fingerprint density at radius 2 is 1.90 bits per heavy atom. The molecule has 0 aliphatic carbocycles. The van der Waals surface area contributed by atoms with Gasteiger partial charge in [0.2, 0.25) is 11.9 Å². The first-order valence-electron chi connectivity index (χ1n) is 9.86. The number of rotatable bonds is 7. The summed E-state index contributed by atoms with van der Waals surface area (Å²) >= 11 is 1.32. The van der Waals surface area contributed by atoms with Gasteiger partial charge in [0.25, 0.3) is 0 Å². The molecular weight excluding hydrogens is 393 g/mol. The van der Waals surface area contributed by atoms with Gasteiger partial charge in [-0.25, -0.2) is 4.39 Å². The fourth-order valence-corrected chi connectivity index (χ4v) is 4.35. The first kappa shape index (κ1) is 21.6. The molecule has 158 valence electrons. The van der Waals surface area contributed by atoms with Crippen molar-refractivity contribution < 1.29 is 13.9 Å². The summed E-state index contributed by atoms with van der Waals surface area (Å²) < 4.78 is 21.2. The van der Waals surface area contributed by atoms with Gasteiger partial charge in [-0.15, -0.1) is 10.2 Å². The maximum Gasteiger partial charge on any atom is 0.233 e. The zero-order valence-corrected chi connectivity index (χ0v) is 18.2. The second kappa shape index (κ2) is 9.58. The van der Waals surface area contributed by atoms with E-state index in [9.17, 15) is 9.18 Å². The van der Waals surface area contributed by atoms with Crippen molar-refractivity contribution in [1.29, 1.82) is 0 Å². The minimum absolute atomic E-state index is 0.0433. The Balaban J connectivity index is 1.88. The number of aromatic nitrogens is 3. The van der Waals surface area contributed by atoms with Gasteiger partial charge in [0.1, 0.15) is 5.82 Å². The molecule has 0 bridgehead atoms. The number of anilines is 1. The lowest BCUT2D eigenvalue weighted by Gasteiger charge is -2.30. The highest BCUT2D eigenvalue weighted by Crippen LogP contribution is 2.28. The number of amides is 1. The van der Waals surface area contributed by atoms with E-state index in [1.54, 1.807) is 6.07 Å². The maximum atomic E-state index is 13.9. The van der Waals surface area contributed by atoms with E-state index in [1.807, 2.05) is 43.2 Å². The van der Waals surface area contributed by atoms with E-state index in [1.165, 1.54) is 23.9 Å². The maximum absolute atomic E-state index is 13.9. The average Bonchev–Trinajstić information content (AvgIpc) is 3.10. The van der Waals surface area contributed by atoms with Crippen molar-refractivity contribution in [3.05, 3.63) is 30.1 Å². The molecule has 1 aliphatic heterocycles. The highest BCUT2D eigenvalue weighted by molar-refractivity contribution is 7.99. The van der Waals surface area contributed by atoms with Gasteiger partial charge in [-0.2, -0.15) is 0 Å². The third-order valence-electron chi connectivity index (χ3n) is 4.70. The summed E-state index contributed by atoms with van der Waals surface area (Å²) in [4.78, 5) is 16.7. The van der Waals surface area contributed by atoms with Gasteiger partial charge in [0, 0.05) is 25.2 Å². The van der Waals surface area contributed by atoms with Gasteiger partial charge in [0.15, 0.2) is 5.16 Å². The summed E-state index contributed by atoms with van der Waals surface area (Å²) in [6.07, 6.45) is 0. The molecule has 0 N–H and O–H groups in total. The quantitative estimate of drug-likeness (QED) is 0.641. The van der Waals surface area contributed by atoms with Crippen LogP contribution in [-0.4, -0.2) is 69.7 Å². The number of hydrogen-bond donors (Lipinski definition) is 0. The summed E-state index contributed by atoms with van der Waals surface area (Å²) in [5, 5.41) is 9.24.